The average molecular weight is 350 g/mol. The van der Waals surface area contributed by atoms with Crippen molar-refractivity contribution in [3.8, 4) is 0 Å². The number of fused-ring (bicyclic) bond motifs is 5. The zero-order valence-electron chi connectivity index (χ0n) is 15.4. The van der Waals surface area contributed by atoms with E-state index in [9.17, 15) is 0 Å². The molecule has 4 atom stereocenters. The molecule has 1 saturated heterocycles. The van der Waals surface area contributed by atoms with E-state index in [4.69, 9.17) is 9.47 Å². The first kappa shape index (κ1) is 16.5. The van der Waals surface area contributed by atoms with Crippen molar-refractivity contribution in [3.63, 3.8) is 0 Å². The van der Waals surface area contributed by atoms with Gasteiger partial charge in [-0.1, -0.05) is 67.1 Å². The van der Waals surface area contributed by atoms with Gasteiger partial charge < -0.3 is 9.47 Å². The predicted octanol–water partition coefficient (Wildman–Crippen LogP) is 3.30. The minimum absolute atomic E-state index is 0.422. The van der Waals surface area contributed by atoms with Crippen LogP contribution in [0.5, 0.6) is 0 Å². The highest BCUT2D eigenvalue weighted by Gasteiger charge is 2.83. The van der Waals surface area contributed by atoms with Gasteiger partial charge in [0.1, 0.15) is 11.1 Å². The van der Waals surface area contributed by atoms with Gasteiger partial charge in [-0.3, -0.25) is 0 Å². The van der Waals surface area contributed by atoms with Gasteiger partial charge in [0.25, 0.3) is 0 Å². The molecule has 5 rings (SSSR count). The fourth-order valence-corrected chi connectivity index (χ4v) is 6.42. The molecule has 0 amide bonds. The van der Waals surface area contributed by atoms with Crippen LogP contribution in [-0.4, -0.2) is 20.0 Å². The summed E-state index contributed by atoms with van der Waals surface area (Å²) in [7, 11) is 3.57. The van der Waals surface area contributed by atoms with E-state index in [2.05, 4.69) is 71.5 Å². The number of nitrogens with one attached hydrogen (secondary N) is 2. The second-order valence-electron chi connectivity index (χ2n) is 7.77. The fourth-order valence-electron chi connectivity index (χ4n) is 6.42. The van der Waals surface area contributed by atoms with E-state index in [-0.39, 0.29) is 0 Å². The highest BCUT2D eigenvalue weighted by molar-refractivity contribution is 5.46. The molecule has 2 aromatic carbocycles. The highest BCUT2D eigenvalue weighted by Crippen LogP contribution is 2.70. The number of benzene rings is 2. The molecule has 2 saturated carbocycles. The van der Waals surface area contributed by atoms with Crippen molar-refractivity contribution in [2.45, 2.75) is 36.1 Å². The fraction of sp³-hybridized carbons (Fsp3) is 0.455. The molecule has 0 spiro atoms. The molecule has 2 aliphatic carbocycles. The number of rotatable bonds is 4. The van der Waals surface area contributed by atoms with Gasteiger partial charge in [-0.2, -0.15) is 0 Å². The Morgan fingerprint density at radius 2 is 1.15 bits per heavy atom. The maximum Gasteiger partial charge on any atom is 0.216 e. The molecule has 0 aromatic heterocycles. The Balaban J connectivity index is 1.82. The number of hydrazine groups is 1. The number of ether oxygens (including phenoxy) is 2. The van der Waals surface area contributed by atoms with Crippen molar-refractivity contribution in [2.24, 2.45) is 11.8 Å². The Labute approximate surface area is 154 Å². The van der Waals surface area contributed by atoms with Gasteiger partial charge in [0.15, 0.2) is 0 Å². The average Bonchev–Trinajstić information content (AvgIpc) is 3.36. The third-order valence-corrected chi connectivity index (χ3v) is 7.16. The summed E-state index contributed by atoms with van der Waals surface area (Å²) in [5, 5.41) is 0. The summed E-state index contributed by atoms with van der Waals surface area (Å²) in [5.74, 6) is 0.0795. The van der Waals surface area contributed by atoms with Crippen molar-refractivity contribution in [1.82, 2.24) is 10.9 Å². The largest absolute Gasteiger partial charge is 0.349 e. The summed E-state index contributed by atoms with van der Waals surface area (Å²) in [6.45, 7) is 0. The first-order chi connectivity index (χ1) is 12.8. The smallest absolute Gasteiger partial charge is 0.216 e. The predicted molar refractivity (Wildman–Crippen MR) is 100 cm³/mol. The molecule has 1 heterocycles. The Hall–Kier alpha value is -1.72. The monoisotopic (exact) mass is 350 g/mol. The molecule has 4 heteroatoms. The topological polar surface area (TPSA) is 42.5 Å². The molecule has 0 radical (unpaired) electrons. The quantitative estimate of drug-likeness (QED) is 0.831. The van der Waals surface area contributed by atoms with E-state index < -0.39 is 16.9 Å². The molecule has 3 aliphatic rings. The van der Waals surface area contributed by atoms with Crippen LogP contribution in [0.4, 0.5) is 0 Å². The first-order valence-corrected chi connectivity index (χ1v) is 9.52. The van der Waals surface area contributed by atoms with Gasteiger partial charge in [0.05, 0.1) is 0 Å². The molecule has 136 valence electrons. The summed E-state index contributed by atoms with van der Waals surface area (Å²) in [4.78, 5) is 0. The summed E-state index contributed by atoms with van der Waals surface area (Å²) in [6.07, 6.45) is 3.60. The van der Waals surface area contributed by atoms with E-state index in [1.54, 1.807) is 14.2 Å². The molecular formula is C22H26N2O2. The van der Waals surface area contributed by atoms with Crippen LogP contribution in [0, 0.1) is 11.8 Å². The van der Waals surface area contributed by atoms with Crippen molar-refractivity contribution < 1.29 is 9.47 Å². The number of hydrogen-bond acceptors (Lipinski definition) is 4. The molecule has 4 unspecified atom stereocenters. The van der Waals surface area contributed by atoms with Gasteiger partial charge >= 0.3 is 0 Å². The van der Waals surface area contributed by atoms with Gasteiger partial charge in [-0.05, 0) is 35.8 Å². The third-order valence-electron chi connectivity index (χ3n) is 7.16. The summed E-state index contributed by atoms with van der Waals surface area (Å²) in [6, 6.07) is 21.3. The van der Waals surface area contributed by atoms with E-state index in [0.29, 0.717) is 11.8 Å². The van der Waals surface area contributed by atoms with E-state index in [1.807, 2.05) is 0 Å². The maximum absolute atomic E-state index is 6.34. The van der Waals surface area contributed by atoms with Crippen LogP contribution in [0.25, 0.3) is 0 Å². The maximum atomic E-state index is 6.34. The normalized spacial score (nSPS) is 37.0. The lowest BCUT2D eigenvalue weighted by Crippen LogP contribution is -2.60. The minimum Gasteiger partial charge on any atom is -0.349 e. The van der Waals surface area contributed by atoms with E-state index in [1.165, 1.54) is 30.4 Å². The van der Waals surface area contributed by atoms with Crippen molar-refractivity contribution >= 4 is 0 Å². The van der Waals surface area contributed by atoms with Crippen LogP contribution in [0.1, 0.15) is 30.4 Å². The van der Waals surface area contributed by atoms with Crippen LogP contribution < -0.4 is 10.9 Å². The second kappa shape index (κ2) is 5.64. The van der Waals surface area contributed by atoms with Crippen molar-refractivity contribution in [2.75, 3.05) is 14.2 Å². The number of hydrogen-bond donors (Lipinski definition) is 2. The number of methoxy groups -OCH3 is 2. The Kier molecular flexibility index (Phi) is 3.57. The highest BCUT2D eigenvalue weighted by atomic mass is 16.7. The van der Waals surface area contributed by atoms with Crippen molar-refractivity contribution in [3.05, 3.63) is 71.8 Å². The molecule has 3 fully saturated rings. The Bertz CT molecular complexity index is 729. The SMILES string of the molecule is COC1(OC)C2(c3ccccc3)NNC1(c1ccccc1)C1CCCC12. The first-order valence-electron chi connectivity index (χ1n) is 9.52. The zero-order chi connectivity index (χ0) is 17.8. The second-order valence-corrected chi connectivity index (χ2v) is 7.77. The molecule has 2 N–H and O–H groups in total. The minimum atomic E-state index is -0.821. The summed E-state index contributed by atoms with van der Waals surface area (Å²) < 4.78 is 12.7. The van der Waals surface area contributed by atoms with E-state index >= 15 is 0 Å². The van der Waals surface area contributed by atoms with Crippen LogP contribution in [0.2, 0.25) is 0 Å². The lowest BCUT2D eigenvalue weighted by atomic mass is 9.75. The Morgan fingerprint density at radius 1 is 0.731 bits per heavy atom. The molecule has 26 heavy (non-hydrogen) atoms. The Morgan fingerprint density at radius 3 is 1.54 bits per heavy atom. The molecule has 2 aromatic rings. The third kappa shape index (κ3) is 1.61. The van der Waals surface area contributed by atoms with Gasteiger partial charge in [0.2, 0.25) is 5.79 Å². The van der Waals surface area contributed by atoms with Crippen LogP contribution in [0.3, 0.4) is 0 Å². The van der Waals surface area contributed by atoms with Crippen LogP contribution >= 0.6 is 0 Å². The molecule has 4 nitrogen and oxygen atoms in total. The molecular weight excluding hydrogens is 324 g/mol. The standard InChI is InChI=1S/C22H26N2O2/c1-25-22(26-2)20(16-10-5-3-6-11-16)18-14-9-15-19(18)21(22,24-23-20)17-12-7-4-8-13-17/h3-8,10-13,18-19,23-24H,9,14-15H2,1-2H3. The van der Waals surface area contributed by atoms with Crippen LogP contribution in [0.15, 0.2) is 60.7 Å². The summed E-state index contributed by atoms with van der Waals surface area (Å²) >= 11 is 0. The van der Waals surface area contributed by atoms with E-state index in [0.717, 1.165) is 0 Å². The molecule has 1 aliphatic heterocycles. The lowest BCUT2D eigenvalue weighted by Gasteiger charge is -2.45. The van der Waals surface area contributed by atoms with Gasteiger partial charge in [-0.25, -0.2) is 10.9 Å². The molecule has 2 bridgehead atoms. The van der Waals surface area contributed by atoms with Gasteiger partial charge in [0, 0.05) is 14.2 Å². The lowest BCUT2D eigenvalue weighted by molar-refractivity contribution is -0.263. The van der Waals surface area contributed by atoms with Crippen LogP contribution in [-0.2, 0) is 20.6 Å². The zero-order valence-corrected chi connectivity index (χ0v) is 15.4. The van der Waals surface area contributed by atoms with Crippen molar-refractivity contribution in [1.29, 1.82) is 0 Å². The van der Waals surface area contributed by atoms with Gasteiger partial charge in [-0.15, -0.1) is 0 Å². The summed E-state index contributed by atoms with van der Waals surface area (Å²) in [5.41, 5.74) is 8.99.